The number of ketones is 2. The average molecular weight is 850 g/mol. The molecule has 7 N–H and O–H groups in total. The number of rotatable bonds is 20. The van der Waals surface area contributed by atoms with Crippen molar-refractivity contribution in [3.8, 4) is 0 Å². The minimum Gasteiger partial charge on any atom is -0.352 e. The second kappa shape index (κ2) is 21.4. The zero-order valence-electron chi connectivity index (χ0n) is 34.2. The van der Waals surface area contributed by atoms with Crippen molar-refractivity contribution in [2.45, 2.75) is 71.6 Å². The van der Waals surface area contributed by atoms with Gasteiger partial charge >= 0.3 is 6.03 Å². The zero-order valence-corrected chi connectivity index (χ0v) is 35.0. The summed E-state index contributed by atoms with van der Waals surface area (Å²) in [6.07, 6.45) is 5.71. The summed E-state index contributed by atoms with van der Waals surface area (Å²) in [6.45, 7) is 6.02. The molecule has 2 atom stereocenters. The van der Waals surface area contributed by atoms with Crippen molar-refractivity contribution in [3.05, 3.63) is 125 Å². The predicted octanol–water partition coefficient (Wildman–Crippen LogP) is 4.88. The van der Waals surface area contributed by atoms with Crippen LogP contribution >= 0.6 is 11.6 Å². The van der Waals surface area contributed by atoms with Crippen LogP contribution in [0.25, 0.3) is 10.9 Å². The normalized spacial score (nSPS) is 12.0. The van der Waals surface area contributed by atoms with Gasteiger partial charge in [0.1, 0.15) is 17.9 Å². The van der Waals surface area contributed by atoms with Crippen LogP contribution in [0.4, 0.5) is 16.2 Å². The fourth-order valence-electron chi connectivity index (χ4n) is 6.55. The summed E-state index contributed by atoms with van der Waals surface area (Å²) >= 11 is 6.05. The monoisotopic (exact) mass is 849 g/mol. The lowest BCUT2D eigenvalue weighted by molar-refractivity contribution is -0.688. The lowest BCUT2D eigenvalue weighted by atomic mass is 10.0. The Labute approximate surface area is 358 Å². The maximum Gasteiger partial charge on any atom is 0.312 e. The van der Waals surface area contributed by atoms with Gasteiger partial charge < -0.3 is 41.7 Å². The highest BCUT2D eigenvalue weighted by Gasteiger charge is 2.29. The van der Waals surface area contributed by atoms with E-state index in [0.717, 1.165) is 16.6 Å². The molecule has 6 amide bonds. The van der Waals surface area contributed by atoms with Gasteiger partial charge in [0, 0.05) is 71.4 Å². The molecule has 2 aromatic heterocycles. The van der Waals surface area contributed by atoms with E-state index in [1.807, 2.05) is 69.8 Å². The van der Waals surface area contributed by atoms with Crippen molar-refractivity contribution in [2.24, 2.45) is 11.7 Å². The van der Waals surface area contributed by atoms with Crippen molar-refractivity contribution in [3.63, 3.8) is 0 Å². The molecule has 2 heterocycles. The molecule has 5 rings (SSSR count). The fraction of sp³-hybridized carbons (Fsp3) is 0.289. The van der Waals surface area contributed by atoms with E-state index in [1.54, 1.807) is 56.7 Å². The molecule has 318 valence electrons. The molecule has 0 aliphatic rings. The third-order valence-electron chi connectivity index (χ3n) is 9.81. The number of hydrogen-bond donors (Lipinski definition) is 6. The van der Waals surface area contributed by atoms with Crippen LogP contribution in [-0.2, 0) is 37.1 Å². The number of hydrogen-bond acceptors (Lipinski definition) is 7. The third-order valence-corrected chi connectivity index (χ3v) is 10.1. The number of aromatic nitrogens is 2. The summed E-state index contributed by atoms with van der Waals surface area (Å²) in [5.41, 5.74) is 9.11. The van der Waals surface area contributed by atoms with E-state index in [4.69, 9.17) is 17.3 Å². The molecule has 16 heteroatoms. The topological polar surface area (TPSA) is 214 Å². The maximum atomic E-state index is 13.5. The minimum absolute atomic E-state index is 0.0472. The molecule has 5 aromatic rings. The Hall–Kier alpha value is -6.87. The van der Waals surface area contributed by atoms with Gasteiger partial charge in [0.05, 0.1) is 11.3 Å². The van der Waals surface area contributed by atoms with E-state index < -0.39 is 47.5 Å². The van der Waals surface area contributed by atoms with E-state index in [0.29, 0.717) is 46.9 Å². The lowest BCUT2D eigenvalue weighted by Crippen LogP contribution is -2.54. The van der Waals surface area contributed by atoms with E-state index >= 15 is 0 Å². The molecule has 0 fully saturated rings. The molecule has 61 heavy (non-hydrogen) atoms. The van der Waals surface area contributed by atoms with Crippen molar-refractivity contribution >= 4 is 75.1 Å². The predicted molar refractivity (Wildman–Crippen MR) is 232 cm³/mol. The number of halogens is 1. The van der Waals surface area contributed by atoms with Crippen LogP contribution in [0.15, 0.2) is 104 Å². The molecular formula is C45H50ClN8O7+. The average Bonchev–Trinajstić information content (AvgIpc) is 3.59. The Balaban J connectivity index is 1.18. The quantitative estimate of drug-likeness (QED) is 0.0276. The molecule has 0 saturated heterocycles. The maximum absolute atomic E-state index is 13.5. The number of fused-ring (bicyclic) bond motifs is 1. The Morgan fingerprint density at radius 1 is 0.770 bits per heavy atom. The first-order valence-corrected chi connectivity index (χ1v) is 20.2. The Kier molecular flexibility index (Phi) is 15.9. The molecule has 0 aliphatic heterocycles. The van der Waals surface area contributed by atoms with Crippen molar-refractivity contribution < 1.29 is 38.1 Å². The highest BCUT2D eigenvalue weighted by molar-refractivity contribution is 6.48. The van der Waals surface area contributed by atoms with Gasteiger partial charge in [-0.25, -0.2) is 9.36 Å². The third kappa shape index (κ3) is 13.3. The first kappa shape index (κ1) is 45.2. The van der Waals surface area contributed by atoms with Gasteiger partial charge in [-0.3, -0.25) is 24.0 Å². The number of anilines is 2. The number of amides is 6. The lowest BCUT2D eigenvalue weighted by Gasteiger charge is -2.25. The molecule has 0 spiro atoms. The minimum atomic E-state index is -1.01. The highest BCUT2D eigenvalue weighted by Crippen LogP contribution is 2.24. The summed E-state index contributed by atoms with van der Waals surface area (Å²) in [7, 11) is 0. The highest BCUT2D eigenvalue weighted by atomic mass is 35.5. The number of carbonyl (C=O) groups is 7. The van der Waals surface area contributed by atoms with Gasteiger partial charge in [0.15, 0.2) is 18.9 Å². The Morgan fingerprint density at radius 3 is 2.08 bits per heavy atom. The molecule has 3 aromatic carbocycles. The fourth-order valence-corrected chi connectivity index (χ4v) is 6.68. The summed E-state index contributed by atoms with van der Waals surface area (Å²) < 4.78 is 3.82. The molecule has 0 bridgehead atoms. The Morgan fingerprint density at radius 2 is 1.43 bits per heavy atom. The van der Waals surface area contributed by atoms with Crippen LogP contribution in [0.1, 0.15) is 67.9 Å². The van der Waals surface area contributed by atoms with E-state index in [2.05, 4.69) is 26.6 Å². The van der Waals surface area contributed by atoms with Crippen LogP contribution in [-0.4, -0.2) is 64.4 Å². The summed E-state index contributed by atoms with van der Waals surface area (Å²) in [6, 6.07) is 22.7. The summed E-state index contributed by atoms with van der Waals surface area (Å²) in [4.78, 5) is 88.4. The van der Waals surface area contributed by atoms with Crippen LogP contribution in [0.2, 0.25) is 5.02 Å². The Bertz CT molecular complexity index is 2380. The van der Waals surface area contributed by atoms with Gasteiger partial charge in [-0.1, -0.05) is 67.9 Å². The number of para-hydroxylation sites is 1. The first-order valence-electron chi connectivity index (χ1n) is 19.9. The van der Waals surface area contributed by atoms with Crippen molar-refractivity contribution in [1.82, 2.24) is 20.5 Å². The number of carbonyl (C=O) groups excluding carboxylic acids is 7. The number of nitrogens with zero attached hydrogens (tertiary/aromatic N) is 2. The van der Waals surface area contributed by atoms with Gasteiger partial charge in [0.25, 0.3) is 11.7 Å². The molecule has 0 radical (unpaired) electrons. The molecule has 15 nitrogen and oxygen atoms in total. The smallest absolute Gasteiger partial charge is 0.312 e. The standard InChI is InChI=1S/C45H49ClN8O7/c1-28(2)40(52-39(56)19-10-29(3)55)43(59)51-37(8-6-22-48-45(47)61)42(58)49-33-17-13-30(14-18-33)25-53-23-20-34(21-24-53)50-44(60)41(57)36-27-54(38-9-5-4-7-35(36)38)26-31-11-15-32(46)16-12-31/h4-5,7,9,11-18,20-21,23-24,27-28,37,40H,6,8,10,19,22,25-26H2,1-3H3,(H6,47,48,49,51,52,56,58,59,61)/p+1/t37-,40-/m0/s1. The summed E-state index contributed by atoms with van der Waals surface area (Å²) in [5.74, 6) is -3.40. The van der Waals surface area contributed by atoms with Gasteiger partial charge in [-0.15, -0.1) is 0 Å². The summed E-state index contributed by atoms with van der Waals surface area (Å²) in [5, 5.41) is 14.7. The number of Topliss-reactive ketones (excluding diaryl/α,β-unsaturated/α-hetero) is 2. The number of urea groups is 1. The van der Waals surface area contributed by atoms with Gasteiger partial charge in [-0.05, 0) is 61.6 Å². The van der Waals surface area contributed by atoms with Crippen LogP contribution in [0.5, 0.6) is 0 Å². The number of nitrogens with two attached hydrogens (primary N) is 1. The van der Waals surface area contributed by atoms with Crippen LogP contribution in [0, 0.1) is 5.92 Å². The van der Waals surface area contributed by atoms with Crippen LogP contribution in [0.3, 0.4) is 0 Å². The molecular weight excluding hydrogens is 800 g/mol. The van der Waals surface area contributed by atoms with Gasteiger partial charge in [-0.2, -0.15) is 0 Å². The van der Waals surface area contributed by atoms with Crippen LogP contribution < -0.4 is 36.9 Å². The first-order chi connectivity index (χ1) is 29.2. The molecule has 0 unspecified atom stereocenters. The molecule has 0 saturated carbocycles. The van der Waals surface area contributed by atoms with Gasteiger partial charge in [0.2, 0.25) is 17.7 Å². The van der Waals surface area contributed by atoms with Crippen molar-refractivity contribution in [2.75, 3.05) is 17.2 Å². The second-order valence-electron chi connectivity index (χ2n) is 15.0. The van der Waals surface area contributed by atoms with E-state index in [1.165, 1.54) is 6.92 Å². The number of nitrogens with one attached hydrogen (secondary N) is 5. The largest absolute Gasteiger partial charge is 0.352 e. The zero-order chi connectivity index (χ0) is 44.1. The number of pyridine rings is 1. The SMILES string of the molecule is CC(=O)CCC(=O)N[C@H](C(=O)N[C@@H](CCCNC(N)=O)C(=O)Nc1ccc(C[n+]2ccc(NC(=O)C(=O)c3cn(Cc4ccc(Cl)cc4)c4ccccc34)cc2)cc1)C(C)C. The number of benzene rings is 3. The van der Waals surface area contributed by atoms with E-state index in [-0.39, 0.29) is 37.5 Å². The molecule has 0 aliphatic carbocycles. The van der Waals surface area contributed by atoms with E-state index in [9.17, 15) is 33.6 Å². The van der Waals surface area contributed by atoms with Crippen molar-refractivity contribution in [1.29, 1.82) is 0 Å². The second-order valence-corrected chi connectivity index (χ2v) is 15.5. The number of primary amides is 1.